The van der Waals surface area contributed by atoms with Gasteiger partial charge in [-0.3, -0.25) is 4.98 Å². The van der Waals surface area contributed by atoms with Crippen molar-refractivity contribution in [2.24, 2.45) is 0 Å². The van der Waals surface area contributed by atoms with Crippen LogP contribution in [-0.4, -0.2) is 28.8 Å². The van der Waals surface area contributed by atoms with Gasteiger partial charge in [-0.25, -0.2) is 0 Å². The van der Waals surface area contributed by atoms with Crippen molar-refractivity contribution in [3.05, 3.63) is 78.3 Å². The van der Waals surface area contributed by atoms with Crippen molar-refractivity contribution in [1.29, 1.82) is 0 Å². The van der Waals surface area contributed by atoms with Gasteiger partial charge in [-0.1, -0.05) is 30.4 Å². The third-order valence-corrected chi connectivity index (χ3v) is 4.29. The van der Waals surface area contributed by atoms with Crippen LogP contribution in [0, 0.1) is 0 Å². The summed E-state index contributed by atoms with van der Waals surface area (Å²) in [6.07, 6.45) is 10.5. The molecule has 130 valence electrons. The smallest absolute Gasteiger partial charge is 0.122 e. The number of pyridine rings is 1. The van der Waals surface area contributed by atoms with Crippen molar-refractivity contribution < 1.29 is 9.84 Å². The van der Waals surface area contributed by atoms with Gasteiger partial charge in [0.2, 0.25) is 0 Å². The number of aliphatic hydroxyl groups is 1. The zero-order valence-corrected chi connectivity index (χ0v) is 14.4. The zero-order valence-electron chi connectivity index (χ0n) is 14.4. The number of benzene rings is 1. The largest absolute Gasteiger partial charge is 0.488 e. The summed E-state index contributed by atoms with van der Waals surface area (Å²) in [5, 5.41) is 13.5. The Hall–Kier alpha value is -2.59. The van der Waals surface area contributed by atoms with Gasteiger partial charge in [-0.2, -0.15) is 0 Å². The lowest BCUT2D eigenvalue weighted by atomic mass is 10.0. The fraction of sp³-hybridized carbons (Fsp3) is 0.286. The van der Waals surface area contributed by atoms with E-state index in [4.69, 9.17) is 4.74 Å². The first-order chi connectivity index (χ1) is 12.2. The van der Waals surface area contributed by atoms with Gasteiger partial charge in [0.15, 0.2) is 0 Å². The SMILES string of the molecule is C[C@H](Oc1ccc(C2=CNCC=C2)cc1)[C@H](O)CCc1cccnc1. The predicted molar refractivity (Wildman–Crippen MR) is 100 cm³/mol. The Morgan fingerprint density at radius 3 is 2.76 bits per heavy atom. The average molecular weight is 336 g/mol. The molecule has 1 aromatic heterocycles. The van der Waals surface area contributed by atoms with Gasteiger partial charge in [-0.15, -0.1) is 0 Å². The van der Waals surface area contributed by atoms with Crippen LogP contribution in [0.5, 0.6) is 5.75 Å². The van der Waals surface area contributed by atoms with E-state index < -0.39 is 6.10 Å². The van der Waals surface area contributed by atoms with Crippen LogP contribution < -0.4 is 10.1 Å². The minimum absolute atomic E-state index is 0.266. The van der Waals surface area contributed by atoms with Gasteiger partial charge in [0, 0.05) is 25.1 Å². The lowest BCUT2D eigenvalue weighted by molar-refractivity contribution is 0.0420. The molecule has 0 bridgehead atoms. The molecular weight excluding hydrogens is 312 g/mol. The van der Waals surface area contributed by atoms with E-state index in [1.54, 1.807) is 6.20 Å². The van der Waals surface area contributed by atoms with E-state index in [-0.39, 0.29) is 6.10 Å². The van der Waals surface area contributed by atoms with Crippen molar-refractivity contribution in [3.8, 4) is 5.75 Å². The fourth-order valence-corrected chi connectivity index (χ4v) is 2.76. The lowest BCUT2D eigenvalue weighted by Gasteiger charge is -2.21. The van der Waals surface area contributed by atoms with Crippen LogP contribution in [0.25, 0.3) is 5.57 Å². The van der Waals surface area contributed by atoms with E-state index in [1.807, 2.05) is 55.7 Å². The van der Waals surface area contributed by atoms with E-state index in [9.17, 15) is 5.11 Å². The maximum atomic E-state index is 10.3. The van der Waals surface area contributed by atoms with Crippen LogP contribution in [0.15, 0.2) is 67.1 Å². The van der Waals surface area contributed by atoms with E-state index >= 15 is 0 Å². The normalized spacial score (nSPS) is 15.8. The quantitative estimate of drug-likeness (QED) is 0.814. The second-order valence-corrected chi connectivity index (χ2v) is 6.22. The van der Waals surface area contributed by atoms with Crippen molar-refractivity contribution >= 4 is 5.57 Å². The second-order valence-electron chi connectivity index (χ2n) is 6.22. The van der Waals surface area contributed by atoms with Gasteiger partial charge in [0.05, 0.1) is 6.10 Å². The number of aromatic nitrogens is 1. The Morgan fingerprint density at radius 1 is 1.24 bits per heavy atom. The molecule has 0 unspecified atom stereocenters. The molecule has 0 saturated carbocycles. The van der Waals surface area contributed by atoms with Crippen LogP contribution in [0.3, 0.4) is 0 Å². The molecule has 0 saturated heterocycles. The second kappa shape index (κ2) is 8.49. The number of nitrogens with one attached hydrogen (secondary N) is 1. The Labute approximate surface area is 148 Å². The first-order valence-electron chi connectivity index (χ1n) is 8.66. The lowest BCUT2D eigenvalue weighted by Crippen LogP contribution is -2.29. The maximum absolute atomic E-state index is 10.3. The molecule has 3 rings (SSSR count). The molecule has 0 amide bonds. The molecule has 1 aliphatic rings. The summed E-state index contributed by atoms with van der Waals surface area (Å²) in [6, 6.07) is 11.9. The molecule has 1 aromatic carbocycles. The molecule has 4 heteroatoms. The van der Waals surface area contributed by atoms with E-state index in [1.165, 1.54) is 0 Å². The van der Waals surface area contributed by atoms with Gasteiger partial charge in [0.25, 0.3) is 0 Å². The third kappa shape index (κ3) is 4.94. The number of hydrogen-bond donors (Lipinski definition) is 2. The highest BCUT2D eigenvalue weighted by Crippen LogP contribution is 2.22. The van der Waals surface area contributed by atoms with E-state index in [2.05, 4.69) is 22.5 Å². The molecule has 2 aromatic rings. The van der Waals surface area contributed by atoms with Crippen LogP contribution in [-0.2, 0) is 6.42 Å². The molecule has 4 nitrogen and oxygen atoms in total. The zero-order chi connectivity index (χ0) is 17.5. The molecule has 1 aliphatic heterocycles. The van der Waals surface area contributed by atoms with E-state index in [0.717, 1.165) is 35.4 Å². The minimum Gasteiger partial charge on any atom is -0.488 e. The predicted octanol–water partition coefficient (Wildman–Crippen LogP) is 3.34. The van der Waals surface area contributed by atoms with Crippen LogP contribution >= 0.6 is 0 Å². The highest BCUT2D eigenvalue weighted by Gasteiger charge is 2.16. The van der Waals surface area contributed by atoms with Crippen molar-refractivity contribution in [2.75, 3.05) is 6.54 Å². The molecule has 0 aliphatic carbocycles. The average Bonchev–Trinajstić information content (AvgIpc) is 2.68. The molecule has 0 fully saturated rings. The summed E-state index contributed by atoms with van der Waals surface area (Å²) in [6.45, 7) is 2.78. The third-order valence-electron chi connectivity index (χ3n) is 4.29. The Bertz CT molecular complexity index is 723. The van der Waals surface area contributed by atoms with Crippen LogP contribution in [0.1, 0.15) is 24.5 Å². The van der Waals surface area contributed by atoms with Gasteiger partial charge >= 0.3 is 0 Å². The van der Waals surface area contributed by atoms with Crippen LogP contribution in [0.2, 0.25) is 0 Å². The Balaban J connectivity index is 1.52. The van der Waals surface area contributed by atoms with Crippen molar-refractivity contribution in [3.63, 3.8) is 0 Å². The number of aryl methyl sites for hydroxylation is 1. The van der Waals surface area contributed by atoms with Gasteiger partial charge in [-0.05, 0) is 54.7 Å². The highest BCUT2D eigenvalue weighted by atomic mass is 16.5. The summed E-state index contributed by atoms with van der Waals surface area (Å²) in [5.74, 6) is 0.769. The molecule has 0 radical (unpaired) electrons. The summed E-state index contributed by atoms with van der Waals surface area (Å²) < 4.78 is 5.89. The maximum Gasteiger partial charge on any atom is 0.122 e. The standard InChI is InChI=1S/C21H24N2O2/c1-16(21(24)11-6-17-4-2-12-22-14-17)25-20-9-7-18(8-10-20)19-5-3-13-23-15-19/h2-5,7-10,12,14-16,21,23-24H,6,11,13H2,1H3/t16-,21+/m0/s1. The molecule has 2 N–H and O–H groups in total. The monoisotopic (exact) mass is 336 g/mol. The van der Waals surface area contributed by atoms with Gasteiger partial charge < -0.3 is 15.2 Å². The Kier molecular flexibility index (Phi) is 5.86. The first kappa shape index (κ1) is 17.2. The number of allylic oxidation sites excluding steroid dienone is 2. The molecule has 2 heterocycles. The minimum atomic E-state index is -0.520. The number of ether oxygens (including phenoxy) is 1. The molecule has 0 spiro atoms. The topological polar surface area (TPSA) is 54.4 Å². The summed E-state index contributed by atoms with van der Waals surface area (Å²) in [7, 11) is 0. The molecule has 25 heavy (non-hydrogen) atoms. The fourth-order valence-electron chi connectivity index (χ4n) is 2.76. The summed E-state index contributed by atoms with van der Waals surface area (Å²) in [4.78, 5) is 4.10. The van der Waals surface area contributed by atoms with Crippen LogP contribution in [0.4, 0.5) is 0 Å². The summed E-state index contributed by atoms with van der Waals surface area (Å²) in [5.41, 5.74) is 3.42. The molecular formula is C21H24N2O2. The van der Waals surface area contributed by atoms with Gasteiger partial charge in [0.1, 0.15) is 11.9 Å². The highest BCUT2D eigenvalue weighted by molar-refractivity contribution is 5.74. The summed E-state index contributed by atoms with van der Waals surface area (Å²) >= 11 is 0. The number of aliphatic hydroxyl groups excluding tert-OH is 1. The van der Waals surface area contributed by atoms with Crippen molar-refractivity contribution in [2.45, 2.75) is 32.0 Å². The van der Waals surface area contributed by atoms with Crippen molar-refractivity contribution in [1.82, 2.24) is 10.3 Å². The first-order valence-corrected chi connectivity index (χ1v) is 8.66. The number of hydrogen-bond acceptors (Lipinski definition) is 4. The Morgan fingerprint density at radius 2 is 2.08 bits per heavy atom. The number of dihydropyridines is 1. The molecule has 2 atom stereocenters. The van der Waals surface area contributed by atoms with E-state index in [0.29, 0.717) is 6.42 Å². The number of rotatable bonds is 7. The number of nitrogens with zero attached hydrogens (tertiary/aromatic N) is 1.